The van der Waals surface area contributed by atoms with Gasteiger partial charge in [-0.1, -0.05) is 22.8 Å². The maximum atomic E-state index is 13.3. The maximum absolute atomic E-state index is 13.3. The lowest BCUT2D eigenvalue weighted by molar-refractivity contribution is 0.0614. The Labute approximate surface area is 198 Å². The summed E-state index contributed by atoms with van der Waals surface area (Å²) in [5, 5.41) is 10.6. The van der Waals surface area contributed by atoms with Crippen molar-refractivity contribution in [1.29, 1.82) is 0 Å². The Balaban J connectivity index is 1.23. The van der Waals surface area contributed by atoms with Gasteiger partial charge in [-0.3, -0.25) is 9.69 Å². The third kappa shape index (κ3) is 4.41. The van der Waals surface area contributed by atoms with Gasteiger partial charge in [0.1, 0.15) is 11.0 Å². The largest absolute Gasteiger partial charge is 0.338 e. The van der Waals surface area contributed by atoms with Gasteiger partial charge in [-0.2, -0.15) is 10.1 Å². The summed E-state index contributed by atoms with van der Waals surface area (Å²) in [5.41, 5.74) is 1.49. The quantitative estimate of drug-likeness (QED) is 0.423. The maximum Gasteiger partial charge on any atom is 0.258 e. The Kier molecular flexibility index (Phi) is 5.96. The minimum atomic E-state index is -0.351. The number of nitrogens with zero attached hydrogens (tertiary/aromatic N) is 6. The van der Waals surface area contributed by atoms with Crippen molar-refractivity contribution < 1.29 is 13.7 Å². The van der Waals surface area contributed by atoms with E-state index in [2.05, 4.69) is 20.1 Å². The third-order valence-corrected chi connectivity index (χ3v) is 6.73. The van der Waals surface area contributed by atoms with Gasteiger partial charge in [-0.05, 0) is 42.6 Å². The van der Waals surface area contributed by atoms with Crippen molar-refractivity contribution in [2.45, 2.75) is 13.5 Å². The second-order valence-electron chi connectivity index (χ2n) is 7.70. The number of carbonyl (C=O) groups is 1. The second kappa shape index (κ2) is 9.05. The van der Waals surface area contributed by atoms with Crippen molar-refractivity contribution in [2.75, 3.05) is 26.2 Å². The Morgan fingerprint density at radius 2 is 1.94 bits per heavy atom. The number of aryl methyl sites for hydroxylation is 1. The van der Waals surface area contributed by atoms with Gasteiger partial charge in [-0.15, -0.1) is 11.3 Å². The van der Waals surface area contributed by atoms with E-state index < -0.39 is 0 Å². The summed E-state index contributed by atoms with van der Waals surface area (Å²) in [4.78, 5) is 22.6. The van der Waals surface area contributed by atoms with E-state index >= 15 is 0 Å². The Bertz CT molecular complexity index is 1260. The number of hydrogen-bond acceptors (Lipinski definition) is 7. The van der Waals surface area contributed by atoms with E-state index in [1.165, 1.54) is 16.8 Å². The van der Waals surface area contributed by atoms with Crippen molar-refractivity contribution >= 4 is 28.8 Å². The molecule has 1 aliphatic heterocycles. The first-order valence-corrected chi connectivity index (χ1v) is 11.6. The van der Waals surface area contributed by atoms with Crippen LogP contribution in [0.3, 0.4) is 0 Å². The summed E-state index contributed by atoms with van der Waals surface area (Å²) < 4.78 is 20.1. The number of amides is 1. The zero-order valence-electron chi connectivity index (χ0n) is 17.7. The van der Waals surface area contributed by atoms with E-state index in [0.717, 1.165) is 4.88 Å². The van der Waals surface area contributed by atoms with Crippen molar-refractivity contribution in [2.24, 2.45) is 0 Å². The van der Waals surface area contributed by atoms with E-state index in [1.807, 2.05) is 17.5 Å². The second-order valence-corrected chi connectivity index (χ2v) is 9.00. The first kappa shape index (κ1) is 21.7. The molecule has 33 heavy (non-hydrogen) atoms. The number of piperazine rings is 1. The summed E-state index contributed by atoms with van der Waals surface area (Å²) in [7, 11) is 0. The fourth-order valence-corrected chi connectivity index (χ4v) is 4.78. The molecule has 1 aromatic carbocycles. The molecule has 0 radical (unpaired) electrons. The molecule has 8 nitrogen and oxygen atoms in total. The molecule has 0 atom stereocenters. The lowest BCUT2D eigenvalue weighted by Crippen LogP contribution is -2.48. The standard InChI is InChI=1S/C22H20ClFN6O2S/c1-14-19(20(23)30(26-14)16-6-4-15(24)5-7-16)22(31)29-10-8-28(9-11-29)13-18-25-21(27-32-18)17-3-2-12-33-17/h2-7,12H,8-11,13H2,1H3. The number of benzene rings is 1. The van der Waals surface area contributed by atoms with Crippen LogP contribution >= 0.6 is 22.9 Å². The Hall–Kier alpha value is -3.08. The number of aromatic nitrogens is 4. The van der Waals surface area contributed by atoms with Crippen molar-refractivity contribution in [3.05, 3.63) is 69.9 Å². The molecule has 0 spiro atoms. The first-order chi connectivity index (χ1) is 16.0. The highest BCUT2D eigenvalue weighted by atomic mass is 35.5. The van der Waals surface area contributed by atoms with Crippen LogP contribution in [0.1, 0.15) is 21.9 Å². The fraction of sp³-hybridized carbons (Fsp3) is 0.273. The molecule has 11 heteroatoms. The predicted octanol–water partition coefficient (Wildman–Crippen LogP) is 4.04. The number of thiophene rings is 1. The monoisotopic (exact) mass is 486 g/mol. The molecule has 0 unspecified atom stereocenters. The van der Waals surface area contributed by atoms with Crippen LogP contribution in [-0.4, -0.2) is 61.8 Å². The van der Waals surface area contributed by atoms with Gasteiger partial charge in [0.25, 0.3) is 5.91 Å². The molecular formula is C22H20ClFN6O2S. The van der Waals surface area contributed by atoms with Gasteiger partial charge in [0, 0.05) is 26.2 Å². The lowest BCUT2D eigenvalue weighted by Gasteiger charge is -2.33. The minimum absolute atomic E-state index is 0.164. The normalized spacial score (nSPS) is 14.7. The van der Waals surface area contributed by atoms with Gasteiger partial charge in [0.15, 0.2) is 0 Å². The van der Waals surface area contributed by atoms with E-state index in [9.17, 15) is 9.18 Å². The zero-order chi connectivity index (χ0) is 22.9. The number of hydrogen-bond donors (Lipinski definition) is 0. The molecule has 5 rings (SSSR count). The Morgan fingerprint density at radius 1 is 1.18 bits per heavy atom. The van der Waals surface area contributed by atoms with Crippen LogP contribution in [0.25, 0.3) is 16.4 Å². The van der Waals surface area contributed by atoms with Gasteiger partial charge in [0.05, 0.1) is 28.4 Å². The lowest BCUT2D eigenvalue weighted by atomic mass is 10.2. The summed E-state index contributed by atoms with van der Waals surface area (Å²) in [5.74, 6) is 0.634. The number of halogens is 2. The van der Waals surface area contributed by atoms with Gasteiger partial charge in [-0.25, -0.2) is 9.07 Å². The van der Waals surface area contributed by atoms with Gasteiger partial charge < -0.3 is 9.42 Å². The average Bonchev–Trinajstić information content (AvgIpc) is 3.56. The highest BCUT2D eigenvalue weighted by Crippen LogP contribution is 2.26. The van der Waals surface area contributed by atoms with Crippen LogP contribution in [0.5, 0.6) is 0 Å². The SMILES string of the molecule is Cc1nn(-c2ccc(F)cc2)c(Cl)c1C(=O)N1CCN(Cc2nc(-c3cccs3)no2)CC1. The molecular weight excluding hydrogens is 467 g/mol. The first-order valence-electron chi connectivity index (χ1n) is 10.4. The molecule has 1 amide bonds. The highest BCUT2D eigenvalue weighted by molar-refractivity contribution is 7.13. The molecule has 0 bridgehead atoms. The topological polar surface area (TPSA) is 80.3 Å². The predicted molar refractivity (Wildman–Crippen MR) is 122 cm³/mol. The summed E-state index contributed by atoms with van der Waals surface area (Å²) in [6.45, 7) is 4.71. The summed E-state index contributed by atoms with van der Waals surface area (Å²) >= 11 is 8.08. The van der Waals surface area contributed by atoms with E-state index in [4.69, 9.17) is 16.1 Å². The van der Waals surface area contributed by atoms with Crippen LogP contribution in [0.15, 0.2) is 46.3 Å². The smallest absolute Gasteiger partial charge is 0.258 e. The third-order valence-electron chi connectivity index (χ3n) is 5.52. The van der Waals surface area contributed by atoms with Gasteiger partial charge in [0.2, 0.25) is 11.7 Å². The average molecular weight is 487 g/mol. The highest BCUT2D eigenvalue weighted by Gasteiger charge is 2.28. The zero-order valence-corrected chi connectivity index (χ0v) is 19.3. The molecule has 0 N–H and O–H groups in total. The minimum Gasteiger partial charge on any atom is -0.338 e. The van der Waals surface area contributed by atoms with Crippen LogP contribution in [0, 0.1) is 12.7 Å². The Morgan fingerprint density at radius 3 is 2.64 bits per heavy atom. The van der Waals surface area contributed by atoms with E-state index in [1.54, 1.807) is 35.3 Å². The summed E-state index contributed by atoms with van der Waals surface area (Å²) in [6.07, 6.45) is 0. The van der Waals surface area contributed by atoms with Crippen molar-refractivity contribution in [1.82, 2.24) is 29.7 Å². The summed E-state index contributed by atoms with van der Waals surface area (Å²) in [6, 6.07) is 9.70. The molecule has 170 valence electrons. The molecule has 3 aromatic heterocycles. The molecule has 1 fully saturated rings. The van der Waals surface area contributed by atoms with Gasteiger partial charge >= 0.3 is 0 Å². The van der Waals surface area contributed by atoms with E-state index in [-0.39, 0.29) is 16.9 Å². The molecule has 4 aromatic rings. The van der Waals surface area contributed by atoms with Crippen LogP contribution in [-0.2, 0) is 6.54 Å². The number of rotatable bonds is 5. The van der Waals surface area contributed by atoms with Crippen molar-refractivity contribution in [3.63, 3.8) is 0 Å². The van der Waals surface area contributed by atoms with Crippen LogP contribution in [0.2, 0.25) is 5.15 Å². The molecule has 4 heterocycles. The molecule has 0 saturated carbocycles. The fourth-order valence-electron chi connectivity index (χ4n) is 3.78. The number of carbonyl (C=O) groups excluding carboxylic acids is 1. The van der Waals surface area contributed by atoms with Crippen molar-refractivity contribution in [3.8, 4) is 16.4 Å². The molecule has 1 aliphatic rings. The molecule has 1 saturated heterocycles. The van der Waals surface area contributed by atoms with Crippen LogP contribution in [0.4, 0.5) is 4.39 Å². The van der Waals surface area contributed by atoms with Crippen LogP contribution < -0.4 is 0 Å². The van der Waals surface area contributed by atoms with E-state index in [0.29, 0.717) is 61.4 Å². The molecule has 0 aliphatic carbocycles.